The van der Waals surface area contributed by atoms with Crippen molar-refractivity contribution >= 4 is 39.3 Å². The first-order valence-electron chi connectivity index (χ1n) is 20.0. The fourth-order valence-corrected chi connectivity index (χ4v) is 6.80. The smallest absolute Gasteiger partial charge is 0.249 e. The molecule has 1 atom stereocenters. The molecule has 0 radical (unpaired) electrons. The summed E-state index contributed by atoms with van der Waals surface area (Å²) >= 11 is 0. The van der Waals surface area contributed by atoms with Crippen molar-refractivity contribution in [1.82, 2.24) is 16.0 Å². The average molecular weight is 780 g/mol. The molecule has 0 saturated heterocycles. The number of ether oxygens (including phenoxy) is 2. The molecule has 53 heavy (non-hydrogen) atoms. The van der Waals surface area contributed by atoms with Crippen molar-refractivity contribution in [1.29, 1.82) is 0 Å². The van der Waals surface area contributed by atoms with Crippen LogP contribution >= 0.6 is 21.6 Å². The van der Waals surface area contributed by atoms with Gasteiger partial charge in [0.2, 0.25) is 17.7 Å². The highest BCUT2D eigenvalue weighted by Gasteiger charge is 2.35. The maximum atomic E-state index is 12.4. The highest BCUT2D eigenvalue weighted by atomic mass is 33.1. The monoisotopic (exact) mass is 780 g/mol. The van der Waals surface area contributed by atoms with Gasteiger partial charge < -0.3 is 25.4 Å². The molecule has 3 N–H and O–H groups in total. The maximum absolute atomic E-state index is 12.4. The van der Waals surface area contributed by atoms with Crippen LogP contribution in [-0.2, 0) is 23.9 Å². The number of hydrogen-bond donors (Lipinski definition) is 3. The van der Waals surface area contributed by atoms with Gasteiger partial charge in [-0.15, -0.1) is 0 Å². The summed E-state index contributed by atoms with van der Waals surface area (Å²) in [4.78, 5) is 36.5. The van der Waals surface area contributed by atoms with Crippen molar-refractivity contribution in [3.63, 3.8) is 0 Å². The number of methoxy groups -OCH3 is 2. The number of amides is 3. The maximum Gasteiger partial charge on any atom is 0.249 e. The molecule has 0 unspecified atom stereocenters. The predicted octanol–water partition coefficient (Wildman–Crippen LogP) is 10.1. The van der Waals surface area contributed by atoms with Crippen LogP contribution in [0.2, 0.25) is 0 Å². The van der Waals surface area contributed by atoms with Crippen LogP contribution in [0.3, 0.4) is 0 Å². The van der Waals surface area contributed by atoms with Crippen LogP contribution in [0.15, 0.2) is 60.8 Å². The molecule has 0 aliphatic rings. The third-order valence-electron chi connectivity index (χ3n) is 7.84. The van der Waals surface area contributed by atoms with Gasteiger partial charge in [-0.1, -0.05) is 155 Å². The van der Waals surface area contributed by atoms with Crippen molar-refractivity contribution in [3.8, 4) is 0 Å². The van der Waals surface area contributed by atoms with Crippen LogP contribution in [0.4, 0.5) is 0 Å². The Morgan fingerprint density at radius 1 is 0.604 bits per heavy atom. The summed E-state index contributed by atoms with van der Waals surface area (Å²) in [6.45, 7) is 12.3. The lowest BCUT2D eigenvalue weighted by atomic mass is 9.86. The van der Waals surface area contributed by atoms with E-state index in [2.05, 4.69) is 97.5 Å². The van der Waals surface area contributed by atoms with Crippen LogP contribution in [-0.4, -0.2) is 75.8 Å². The van der Waals surface area contributed by atoms with E-state index in [9.17, 15) is 14.4 Å². The van der Waals surface area contributed by atoms with Gasteiger partial charge in [0, 0.05) is 63.6 Å². The predicted molar refractivity (Wildman–Crippen MR) is 232 cm³/mol. The van der Waals surface area contributed by atoms with E-state index in [1.807, 2.05) is 13.8 Å². The molecule has 0 aliphatic carbocycles. The van der Waals surface area contributed by atoms with Gasteiger partial charge in [0.15, 0.2) is 0 Å². The number of carbonyl (C=O) groups is 3. The minimum atomic E-state index is -0.659. The lowest BCUT2D eigenvalue weighted by molar-refractivity contribution is -0.140. The highest BCUT2D eigenvalue weighted by Crippen LogP contribution is 2.23. The number of nitrogens with one attached hydrogen (secondary N) is 3. The largest absolute Gasteiger partial charge is 0.384 e. The average Bonchev–Trinajstić information content (AvgIpc) is 3.13. The molecule has 0 spiro atoms. The number of allylic oxidation sites excluding steroid dienone is 10. The van der Waals surface area contributed by atoms with E-state index >= 15 is 0 Å². The molecule has 0 bridgehead atoms. The van der Waals surface area contributed by atoms with Gasteiger partial charge in [-0.2, -0.15) is 0 Å². The second-order valence-corrected chi connectivity index (χ2v) is 16.1. The van der Waals surface area contributed by atoms with Gasteiger partial charge in [0.05, 0.1) is 6.61 Å². The molecule has 0 aromatic rings. The standard InChI is InChI=1S/C35H59N3O5S2.C8H18/c1-6-7-8-9-10-11-12-13-14-15-16-17-18-19-20-21-22-23-31(39)36-26-28-44-45-29-27-37-32(40)24-25-38-34(41)33(43-5)35(2,3)30-42-4;1-3-5-7-8-6-4-2/h7-8,10-11,13-14,16-17,19-20,33H,6,9,12,15,18,21-30H2,1-5H3,(H,36,39)(H,37,40)(H,38,41);3-8H2,1-2H3/b8-7-,11-10-,14-13-,17-16-,20-19-;/t33-;/m0./s1. The Morgan fingerprint density at radius 2 is 1.08 bits per heavy atom. The van der Waals surface area contributed by atoms with Crippen LogP contribution in [0, 0.1) is 5.41 Å². The lowest BCUT2D eigenvalue weighted by Gasteiger charge is -2.31. The molecule has 0 aromatic heterocycles. The SMILES string of the molecule is CC/C=C\C/C=C\C/C=C\C/C=C\C/C=C\CCCC(=O)NCCSSCCNC(=O)CCNC(=O)[C@H](OC)C(C)(C)COC.CCCCCCCC. The summed E-state index contributed by atoms with van der Waals surface area (Å²) in [6, 6.07) is 0. The Hall–Kier alpha value is -2.27. The molecule has 306 valence electrons. The molecule has 3 amide bonds. The van der Waals surface area contributed by atoms with E-state index in [0.717, 1.165) is 56.5 Å². The van der Waals surface area contributed by atoms with Gasteiger partial charge in [-0.05, 0) is 44.9 Å². The van der Waals surface area contributed by atoms with E-state index in [0.29, 0.717) is 26.1 Å². The van der Waals surface area contributed by atoms with Gasteiger partial charge in [0.25, 0.3) is 0 Å². The Morgan fingerprint density at radius 3 is 1.53 bits per heavy atom. The molecule has 0 fully saturated rings. The molecule has 0 rings (SSSR count). The van der Waals surface area contributed by atoms with Gasteiger partial charge in [0.1, 0.15) is 6.10 Å². The van der Waals surface area contributed by atoms with Crippen molar-refractivity contribution < 1.29 is 23.9 Å². The molecule has 8 nitrogen and oxygen atoms in total. The molecular weight excluding hydrogens is 703 g/mol. The third kappa shape index (κ3) is 37.8. The van der Waals surface area contributed by atoms with Crippen LogP contribution in [0.1, 0.15) is 131 Å². The van der Waals surface area contributed by atoms with Crippen LogP contribution in [0.25, 0.3) is 0 Å². The topological polar surface area (TPSA) is 106 Å². The number of rotatable bonds is 33. The number of carbonyl (C=O) groups excluding carboxylic acids is 3. The Bertz CT molecular complexity index is 1020. The van der Waals surface area contributed by atoms with E-state index < -0.39 is 11.5 Å². The van der Waals surface area contributed by atoms with Crippen molar-refractivity contribution in [2.24, 2.45) is 5.41 Å². The first kappa shape index (κ1) is 52.8. The number of hydrogen-bond acceptors (Lipinski definition) is 7. The summed E-state index contributed by atoms with van der Waals surface area (Å²) in [5.74, 6) is 1.30. The second-order valence-electron chi connectivity index (χ2n) is 13.4. The first-order valence-corrected chi connectivity index (χ1v) is 22.5. The zero-order valence-corrected chi connectivity index (χ0v) is 36.2. The molecule has 0 saturated carbocycles. The second kappa shape index (κ2) is 40.9. The minimum absolute atomic E-state index is 0.0892. The summed E-state index contributed by atoms with van der Waals surface area (Å²) in [6.07, 6.45) is 37.1. The highest BCUT2D eigenvalue weighted by molar-refractivity contribution is 8.76. The van der Waals surface area contributed by atoms with E-state index in [4.69, 9.17) is 9.47 Å². The molecule has 0 heterocycles. The summed E-state index contributed by atoms with van der Waals surface area (Å²) < 4.78 is 10.5. The summed E-state index contributed by atoms with van der Waals surface area (Å²) in [5, 5.41) is 8.60. The normalized spacial score (nSPS) is 12.6. The van der Waals surface area contributed by atoms with Gasteiger partial charge in [-0.25, -0.2) is 0 Å². The minimum Gasteiger partial charge on any atom is -0.384 e. The fraction of sp³-hybridized carbons (Fsp3) is 0.698. The molecule has 10 heteroatoms. The van der Waals surface area contributed by atoms with Crippen LogP contribution in [0.5, 0.6) is 0 Å². The van der Waals surface area contributed by atoms with E-state index in [1.54, 1.807) is 28.7 Å². The van der Waals surface area contributed by atoms with Crippen molar-refractivity contribution in [3.05, 3.63) is 60.8 Å². The Balaban J connectivity index is 0. The van der Waals surface area contributed by atoms with E-state index in [-0.39, 0.29) is 30.7 Å². The van der Waals surface area contributed by atoms with Crippen LogP contribution < -0.4 is 16.0 Å². The van der Waals surface area contributed by atoms with Crippen molar-refractivity contribution in [2.45, 2.75) is 137 Å². The first-order chi connectivity index (χ1) is 25.7. The summed E-state index contributed by atoms with van der Waals surface area (Å²) in [7, 11) is 6.41. The number of unbranched alkanes of at least 4 members (excludes halogenated alkanes) is 6. The zero-order chi connectivity index (χ0) is 39.7. The quantitative estimate of drug-likeness (QED) is 0.0346. The van der Waals surface area contributed by atoms with Gasteiger partial charge in [-0.3, -0.25) is 14.4 Å². The molecular formula is C43H77N3O5S2. The van der Waals surface area contributed by atoms with E-state index in [1.165, 1.54) is 45.6 Å². The molecule has 0 aromatic carbocycles. The fourth-order valence-electron chi connectivity index (χ4n) is 4.98. The Kier molecular flexibility index (Phi) is 40.8. The lowest BCUT2D eigenvalue weighted by Crippen LogP contribution is -2.47. The van der Waals surface area contributed by atoms with Crippen molar-refractivity contribution in [2.75, 3.05) is 52.0 Å². The summed E-state index contributed by atoms with van der Waals surface area (Å²) in [5.41, 5.74) is -0.481. The van der Waals surface area contributed by atoms with Gasteiger partial charge >= 0.3 is 0 Å². The zero-order valence-electron chi connectivity index (χ0n) is 34.6. The Labute approximate surface area is 333 Å². The third-order valence-corrected chi connectivity index (χ3v) is 10.2. The molecule has 0 aliphatic heterocycles.